The van der Waals surface area contributed by atoms with Gasteiger partial charge in [-0.1, -0.05) is 6.07 Å². The van der Waals surface area contributed by atoms with E-state index in [4.69, 9.17) is 5.11 Å². The van der Waals surface area contributed by atoms with E-state index < -0.39 is 29.5 Å². The van der Waals surface area contributed by atoms with E-state index >= 15 is 0 Å². The second-order valence-electron chi connectivity index (χ2n) is 4.69. The average Bonchev–Trinajstić information content (AvgIpc) is 2.46. The Morgan fingerprint density at radius 3 is 2.12 bits per heavy atom. The molecule has 0 aliphatic heterocycles. The number of rotatable bonds is 3. The molecule has 0 saturated carbocycles. The molecular weight excluding hydrogens is 329 g/mol. The van der Waals surface area contributed by atoms with Crippen molar-refractivity contribution in [2.45, 2.75) is 6.18 Å². The minimum absolute atomic E-state index is 0.0713. The molecule has 4 N–H and O–H groups in total. The van der Waals surface area contributed by atoms with Gasteiger partial charge in [0.1, 0.15) is 11.3 Å². The highest BCUT2D eigenvalue weighted by molar-refractivity contribution is 6.00. The summed E-state index contributed by atoms with van der Waals surface area (Å²) < 4.78 is 37.8. The third-order valence-electron chi connectivity index (χ3n) is 2.93. The number of alkyl halides is 3. The standard InChI is InChI=1S/C15H11F3N2O4/c16-15(17,18)8-2-1-3-9(6-8)19-14(24)20-10-4-5-11(13(22)23)12(21)7-10/h1-7,21H,(H,22,23)(H2,19,20,24). The summed E-state index contributed by atoms with van der Waals surface area (Å²) in [5.41, 5.74) is -1.27. The fourth-order valence-electron chi connectivity index (χ4n) is 1.86. The molecule has 0 fully saturated rings. The lowest BCUT2D eigenvalue weighted by atomic mass is 10.2. The van der Waals surface area contributed by atoms with Crippen molar-refractivity contribution in [2.75, 3.05) is 10.6 Å². The quantitative estimate of drug-likeness (QED) is 0.684. The first kappa shape index (κ1) is 17.1. The van der Waals surface area contributed by atoms with E-state index in [1.807, 2.05) is 0 Å². The summed E-state index contributed by atoms with van der Waals surface area (Å²) in [6.45, 7) is 0. The van der Waals surface area contributed by atoms with E-state index in [9.17, 15) is 27.9 Å². The Labute approximate surface area is 133 Å². The third-order valence-corrected chi connectivity index (χ3v) is 2.93. The number of carboxylic acids is 1. The maximum absolute atomic E-state index is 12.6. The van der Waals surface area contributed by atoms with E-state index in [1.54, 1.807) is 0 Å². The summed E-state index contributed by atoms with van der Waals surface area (Å²) in [5.74, 6) is -1.90. The van der Waals surface area contributed by atoms with Crippen LogP contribution in [0.1, 0.15) is 15.9 Å². The van der Waals surface area contributed by atoms with E-state index in [1.165, 1.54) is 12.1 Å². The van der Waals surface area contributed by atoms with Gasteiger partial charge in [-0.05, 0) is 30.3 Å². The number of amides is 2. The molecule has 2 amide bonds. The Hall–Kier alpha value is -3.23. The summed E-state index contributed by atoms with van der Waals surface area (Å²) in [4.78, 5) is 22.5. The number of halogens is 3. The fourth-order valence-corrected chi connectivity index (χ4v) is 1.86. The Bertz CT molecular complexity index is 791. The van der Waals surface area contributed by atoms with Crippen LogP contribution in [0.25, 0.3) is 0 Å². The Balaban J connectivity index is 2.09. The van der Waals surface area contributed by atoms with E-state index in [0.717, 1.165) is 30.3 Å². The molecule has 0 bridgehead atoms. The van der Waals surface area contributed by atoms with E-state index in [0.29, 0.717) is 0 Å². The van der Waals surface area contributed by atoms with Gasteiger partial charge in [-0.2, -0.15) is 13.2 Å². The van der Waals surface area contributed by atoms with E-state index in [2.05, 4.69) is 10.6 Å². The zero-order valence-electron chi connectivity index (χ0n) is 11.9. The number of benzene rings is 2. The highest BCUT2D eigenvalue weighted by atomic mass is 19.4. The van der Waals surface area contributed by atoms with Crippen molar-refractivity contribution in [3.05, 3.63) is 53.6 Å². The van der Waals surface area contributed by atoms with Crippen molar-refractivity contribution in [1.82, 2.24) is 0 Å². The van der Waals surface area contributed by atoms with Crippen LogP contribution in [0.2, 0.25) is 0 Å². The van der Waals surface area contributed by atoms with Crippen LogP contribution in [0.3, 0.4) is 0 Å². The minimum atomic E-state index is -4.54. The monoisotopic (exact) mass is 340 g/mol. The molecule has 24 heavy (non-hydrogen) atoms. The molecular formula is C15H11F3N2O4. The van der Waals surface area contributed by atoms with Gasteiger partial charge in [0.2, 0.25) is 0 Å². The first-order chi connectivity index (χ1) is 11.2. The molecule has 2 aromatic rings. The van der Waals surface area contributed by atoms with Crippen molar-refractivity contribution in [3.63, 3.8) is 0 Å². The third kappa shape index (κ3) is 4.15. The van der Waals surface area contributed by atoms with Gasteiger partial charge in [0.05, 0.1) is 5.56 Å². The Morgan fingerprint density at radius 1 is 0.958 bits per heavy atom. The van der Waals surface area contributed by atoms with Crippen molar-refractivity contribution in [1.29, 1.82) is 0 Å². The molecule has 0 heterocycles. The summed E-state index contributed by atoms with van der Waals surface area (Å²) in [5, 5.41) is 22.8. The number of urea groups is 1. The normalized spacial score (nSPS) is 11.0. The van der Waals surface area contributed by atoms with Gasteiger partial charge in [-0.25, -0.2) is 9.59 Å². The Kier molecular flexibility index (Phi) is 4.63. The number of carboxylic acid groups (broad SMARTS) is 1. The largest absolute Gasteiger partial charge is 0.507 e. The summed E-state index contributed by atoms with van der Waals surface area (Å²) in [7, 11) is 0. The molecule has 0 unspecified atom stereocenters. The van der Waals surface area contributed by atoms with Crippen LogP contribution in [0.5, 0.6) is 5.75 Å². The van der Waals surface area contributed by atoms with Gasteiger partial charge in [0.25, 0.3) is 0 Å². The molecule has 2 rings (SSSR count). The summed E-state index contributed by atoms with van der Waals surface area (Å²) in [6.07, 6.45) is -4.54. The number of carbonyl (C=O) groups excluding carboxylic acids is 1. The van der Waals surface area contributed by atoms with Crippen LogP contribution in [0.15, 0.2) is 42.5 Å². The predicted molar refractivity (Wildman–Crippen MR) is 79.2 cm³/mol. The number of anilines is 2. The number of hydrogen-bond donors (Lipinski definition) is 4. The number of phenols is 1. The number of aromatic carboxylic acids is 1. The van der Waals surface area contributed by atoms with Gasteiger partial charge in [0, 0.05) is 17.4 Å². The smallest absolute Gasteiger partial charge is 0.416 e. The maximum atomic E-state index is 12.6. The molecule has 6 nitrogen and oxygen atoms in total. The zero-order chi connectivity index (χ0) is 17.9. The molecule has 126 valence electrons. The topological polar surface area (TPSA) is 98.7 Å². The molecule has 0 aliphatic rings. The number of carbonyl (C=O) groups is 2. The van der Waals surface area contributed by atoms with Crippen LogP contribution < -0.4 is 10.6 Å². The van der Waals surface area contributed by atoms with Crippen molar-refractivity contribution < 1.29 is 33.0 Å². The van der Waals surface area contributed by atoms with Gasteiger partial charge in [0.15, 0.2) is 0 Å². The number of aromatic hydroxyl groups is 1. The highest BCUT2D eigenvalue weighted by Gasteiger charge is 2.30. The first-order valence-corrected chi connectivity index (χ1v) is 6.48. The molecule has 0 aromatic heterocycles. The molecule has 0 radical (unpaired) electrons. The molecule has 0 spiro atoms. The molecule has 0 atom stereocenters. The average molecular weight is 340 g/mol. The molecule has 0 aliphatic carbocycles. The lowest BCUT2D eigenvalue weighted by Gasteiger charge is -2.11. The number of nitrogens with one attached hydrogen (secondary N) is 2. The second kappa shape index (κ2) is 6.49. The van der Waals surface area contributed by atoms with Crippen LogP contribution in [0.4, 0.5) is 29.3 Å². The van der Waals surface area contributed by atoms with Crippen LogP contribution in [-0.2, 0) is 6.18 Å². The van der Waals surface area contributed by atoms with Gasteiger partial charge < -0.3 is 20.8 Å². The van der Waals surface area contributed by atoms with Crippen LogP contribution in [-0.4, -0.2) is 22.2 Å². The van der Waals surface area contributed by atoms with E-state index in [-0.39, 0.29) is 16.9 Å². The SMILES string of the molecule is O=C(Nc1cccc(C(F)(F)F)c1)Nc1ccc(C(=O)O)c(O)c1. The molecule has 2 aromatic carbocycles. The predicted octanol–water partition coefficient (Wildman–Crippen LogP) is 3.75. The second-order valence-corrected chi connectivity index (χ2v) is 4.69. The molecule has 0 saturated heterocycles. The van der Waals surface area contributed by atoms with Gasteiger partial charge in [-0.15, -0.1) is 0 Å². The first-order valence-electron chi connectivity index (χ1n) is 6.48. The summed E-state index contributed by atoms with van der Waals surface area (Å²) in [6, 6.07) is 6.53. The minimum Gasteiger partial charge on any atom is -0.507 e. The maximum Gasteiger partial charge on any atom is 0.416 e. The number of hydrogen-bond acceptors (Lipinski definition) is 3. The van der Waals surface area contributed by atoms with Crippen LogP contribution >= 0.6 is 0 Å². The lowest BCUT2D eigenvalue weighted by Crippen LogP contribution is -2.19. The van der Waals surface area contributed by atoms with Gasteiger partial charge in [-0.3, -0.25) is 0 Å². The van der Waals surface area contributed by atoms with Crippen molar-refractivity contribution >= 4 is 23.4 Å². The fraction of sp³-hybridized carbons (Fsp3) is 0.0667. The Morgan fingerprint density at radius 2 is 1.58 bits per heavy atom. The van der Waals surface area contributed by atoms with Crippen LogP contribution in [0, 0.1) is 0 Å². The van der Waals surface area contributed by atoms with Crippen molar-refractivity contribution in [2.24, 2.45) is 0 Å². The molecule has 9 heteroatoms. The van der Waals surface area contributed by atoms with Crippen molar-refractivity contribution in [3.8, 4) is 5.75 Å². The zero-order valence-corrected chi connectivity index (χ0v) is 11.9. The summed E-state index contributed by atoms with van der Waals surface area (Å²) >= 11 is 0. The lowest BCUT2D eigenvalue weighted by molar-refractivity contribution is -0.137. The highest BCUT2D eigenvalue weighted by Crippen LogP contribution is 2.30. The van der Waals surface area contributed by atoms with Gasteiger partial charge >= 0.3 is 18.2 Å².